The van der Waals surface area contributed by atoms with Gasteiger partial charge in [0.15, 0.2) is 0 Å². The number of pyridine rings is 1. The Kier molecular flexibility index (Phi) is 7.10. The van der Waals surface area contributed by atoms with Crippen LogP contribution < -0.4 is 16.0 Å². The average Bonchev–Trinajstić information content (AvgIpc) is 3.65. The molecule has 1 aliphatic rings. The lowest BCUT2D eigenvalue weighted by Gasteiger charge is -2.22. The number of hydrogen-bond donors (Lipinski definition) is 3. The normalized spacial score (nSPS) is 13.8. The number of fused-ring (bicyclic) bond motifs is 1. The van der Waals surface area contributed by atoms with Crippen LogP contribution in [0.1, 0.15) is 75.0 Å². The van der Waals surface area contributed by atoms with Gasteiger partial charge in [-0.2, -0.15) is 10.5 Å². The van der Waals surface area contributed by atoms with Crippen LogP contribution in [0.4, 0.5) is 17.1 Å². The molecule has 1 unspecified atom stereocenters. The number of carbonyl (C=O) groups excluding carboxylic acids is 1. The molecule has 0 spiro atoms. The summed E-state index contributed by atoms with van der Waals surface area (Å²) in [6, 6.07) is 15.7. The molecule has 10 heteroatoms. The van der Waals surface area contributed by atoms with Gasteiger partial charge in [0.05, 0.1) is 40.6 Å². The Labute approximate surface area is 233 Å². The van der Waals surface area contributed by atoms with Gasteiger partial charge in [-0.05, 0) is 48.1 Å². The largest absolute Gasteiger partial charge is 0.383 e. The fourth-order valence-corrected chi connectivity index (χ4v) is 4.53. The van der Waals surface area contributed by atoms with Gasteiger partial charge in [-0.3, -0.25) is 9.78 Å². The number of rotatable bonds is 8. The predicted molar refractivity (Wildman–Crippen MR) is 154 cm³/mol. The van der Waals surface area contributed by atoms with Crippen molar-refractivity contribution in [2.24, 2.45) is 5.41 Å². The van der Waals surface area contributed by atoms with Crippen molar-refractivity contribution in [1.29, 1.82) is 10.5 Å². The van der Waals surface area contributed by atoms with Gasteiger partial charge in [-0.1, -0.05) is 38.1 Å². The first-order valence-corrected chi connectivity index (χ1v) is 13.2. The fourth-order valence-electron chi connectivity index (χ4n) is 4.53. The molecule has 0 bridgehead atoms. The second kappa shape index (κ2) is 10.7. The lowest BCUT2D eigenvalue weighted by atomic mass is 9.96. The van der Waals surface area contributed by atoms with Crippen molar-refractivity contribution >= 4 is 33.9 Å². The standard InChI is InChI=1S/C30H31N9O/c1-18(40)35-22-7-5-6-19(10-22)29(26-16-39(38-37-26)24-8-9-24)36-23-11-20(13-31)27-25(12-23)28(21(14-32)15-33-27)34-17-30(2,3)4/h5-7,10-12,15-16,24,29,36H,8-9,17H2,1-4H3,(H,33,34)(H,35,40). The molecule has 0 saturated heterocycles. The molecule has 0 radical (unpaired) electrons. The summed E-state index contributed by atoms with van der Waals surface area (Å²) in [5.74, 6) is -0.161. The van der Waals surface area contributed by atoms with Gasteiger partial charge in [0.1, 0.15) is 17.8 Å². The van der Waals surface area contributed by atoms with E-state index in [1.807, 2.05) is 41.2 Å². The van der Waals surface area contributed by atoms with Crippen molar-refractivity contribution < 1.29 is 4.79 Å². The lowest BCUT2D eigenvalue weighted by Crippen LogP contribution is -2.20. The number of benzene rings is 2. The van der Waals surface area contributed by atoms with E-state index in [2.05, 4.69) is 64.2 Å². The van der Waals surface area contributed by atoms with Gasteiger partial charge in [-0.25, -0.2) is 4.68 Å². The monoisotopic (exact) mass is 533 g/mol. The molecule has 2 heterocycles. The van der Waals surface area contributed by atoms with E-state index in [0.717, 1.165) is 18.4 Å². The molecule has 2 aromatic carbocycles. The van der Waals surface area contributed by atoms with E-state index in [9.17, 15) is 15.3 Å². The molecule has 3 N–H and O–H groups in total. The van der Waals surface area contributed by atoms with E-state index in [-0.39, 0.29) is 11.3 Å². The summed E-state index contributed by atoms with van der Waals surface area (Å²) < 4.78 is 1.89. The van der Waals surface area contributed by atoms with Gasteiger partial charge in [0.2, 0.25) is 5.91 Å². The number of nitrogens with zero attached hydrogens (tertiary/aromatic N) is 6. The smallest absolute Gasteiger partial charge is 0.221 e. The first-order valence-electron chi connectivity index (χ1n) is 13.2. The number of nitrogens with one attached hydrogen (secondary N) is 3. The maximum Gasteiger partial charge on any atom is 0.221 e. The van der Waals surface area contributed by atoms with E-state index < -0.39 is 6.04 Å². The van der Waals surface area contributed by atoms with Gasteiger partial charge in [-0.15, -0.1) is 5.10 Å². The molecule has 202 valence electrons. The van der Waals surface area contributed by atoms with E-state index >= 15 is 0 Å². The van der Waals surface area contributed by atoms with E-state index in [4.69, 9.17) is 0 Å². The summed E-state index contributed by atoms with van der Waals surface area (Å²) in [5, 5.41) is 39.2. The van der Waals surface area contributed by atoms with Crippen molar-refractivity contribution in [2.75, 3.05) is 22.5 Å². The fraction of sp³-hybridized carbons (Fsp3) is 0.333. The Balaban J connectivity index is 1.61. The predicted octanol–water partition coefficient (Wildman–Crippen LogP) is 5.52. The highest BCUT2D eigenvalue weighted by Crippen LogP contribution is 2.37. The van der Waals surface area contributed by atoms with Crippen LogP contribution in [0.5, 0.6) is 0 Å². The van der Waals surface area contributed by atoms with Gasteiger partial charge in [0, 0.05) is 36.4 Å². The van der Waals surface area contributed by atoms with Crippen LogP contribution in [0.2, 0.25) is 0 Å². The maximum absolute atomic E-state index is 11.7. The zero-order valence-corrected chi connectivity index (χ0v) is 23.0. The number of carbonyl (C=O) groups is 1. The maximum atomic E-state index is 11.7. The summed E-state index contributed by atoms with van der Waals surface area (Å²) in [4.78, 5) is 16.2. The quantitative estimate of drug-likeness (QED) is 0.268. The molecule has 1 aliphatic carbocycles. The molecule has 1 atom stereocenters. The third-order valence-corrected chi connectivity index (χ3v) is 6.60. The summed E-state index contributed by atoms with van der Waals surface area (Å²) in [5.41, 5.74) is 4.82. The van der Waals surface area contributed by atoms with E-state index in [0.29, 0.717) is 57.4 Å². The van der Waals surface area contributed by atoms with E-state index in [1.165, 1.54) is 13.1 Å². The minimum absolute atomic E-state index is 0.0341. The number of nitriles is 2. The molecule has 5 rings (SSSR count). The molecular weight excluding hydrogens is 502 g/mol. The molecule has 10 nitrogen and oxygen atoms in total. The van der Waals surface area contributed by atoms with Gasteiger partial charge >= 0.3 is 0 Å². The zero-order chi connectivity index (χ0) is 28.4. The Morgan fingerprint density at radius 3 is 2.58 bits per heavy atom. The van der Waals surface area contributed by atoms with Gasteiger partial charge < -0.3 is 16.0 Å². The van der Waals surface area contributed by atoms with Crippen LogP contribution in [0.15, 0.2) is 48.8 Å². The third-order valence-electron chi connectivity index (χ3n) is 6.60. The Bertz CT molecular complexity index is 1670. The molecule has 2 aromatic heterocycles. The van der Waals surface area contributed by atoms with Crippen molar-refractivity contribution in [1.82, 2.24) is 20.0 Å². The van der Waals surface area contributed by atoms with Crippen LogP contribution in [0.3, 0.4) is 0 Å². The summed E-state index contributed by atoms with van der Waals surface area (Å²) >= 11 is 0. The Hall–Kier alpha value is -4.96. The van der Waals surface area contributed by atoms with Crippen LogP contribution in [0, 0.1) is 28.1 Å². The van der Waals surface area contributed by atoms with Gasteiger partial charge in [0.25, 0.3) is 0 Å². The second-order valence-electron chi connectivity index (χ2n) is 11.3. The first kappa shape index (κ1) is 26.6. The highest BCUT2D eigenvalue weighted by atomic mass is 16.1. The Morgan fingerprint density at radius 1 is 1.12 bits per heavy atom. The Morgan fingerprint density at radius 2 is 1.90 bits per heavy atom. The number of aromatic nitrogens is 4. The minimum Gasteiger partial charge on any atom is -0.383 e. The third kappa shape index (κ3) is 5.87. The number of hydrogen-bond acceptors (Lipinski definition) is 8. The summed E-state index contributed by atoms with van der Waals surface area (Å²) in [6.07, 6.45) is 5.60. The first-order chi connectivity index (χ1) is 19.1. The highest BCUT2D eigenvalue weighted by Gasteiger charge is 2.27. The van der Waals surface area contributed by atoms with Crippen molar-refractivity contribution in [2.45, 2.75) is 52.6 Å². The van der Waals surface area contributed by atoms with Crippen molar-refractivity contribution in [3.8, 4) is 12.1 Å². The topological polar surface area (TPSA) is 144 Å². The molecule has 1 amide bonds. The summed E-state index contributed by atoms with van der Waals surface area (Å²) in [6.45, 7) is 8.42. The van der Waals surface area contributed by atoms with Crippen LogP contribution in [-0.4, -0.2) is 32.4 Å². The molecule has 0 aliphatic heterocycles. The molecule has 4 aromatic rings. The van der Waals surface area contributed by atoms with E-state index in [1.54, 1.807) is 6.07 Å². The summed E-state index contributed by atoms with van der Waals surface area (Å²) in [7, 11) is 0. The highest BCUT2D eigenvalue weighted by molar-refractivity contribution is 5.99. The van der Waals surface area contributed by atoms with Crippen molar-refractivity contribution in [3.05, 3.63) is 71.2 Å². The van der Waals surface area contributed by atoms with Crippen LogP contribution >= 0.6 is 0 Å². The molecular formula is C30H31N9O. The average molecular weight is 534 g/mol. The zero-order valence-electron chi connectivity index (χ0n) is 23.0. The van der Waals surface area contributed by atoms with Crippen LogP contribution in [0.25, 0.3) is 10.9 Å². The molecule has 1 fully saturated rings. The second-order valence-corrected chi connectivity index (χ2v) is 11.3. The van der Waals surface area contributed by atoms with Crippen LogP contribution in [-0.2, 0) is 4.79 Å². The number of amides is 1. The molecule has 1 saturated carbocycles. The SMILES string of the molecule is CC(=O)Nc1cccc(C(Nc2cc(C#N)c3ncc(C#N)c(NCC(C)(C)C)c3c2)c2cn(C3CC3)nn2)c1. The molecule has 40 heavy (non-hydrogen) atoms. The number of anilines is 3. The minimum atomic E-state index is -0.428. The van der Waals surface area contributed by atoms with Crippen molar-refractivity contribution in [3.63, 3.8) is 0 Å². The lowest BCUT2D eigenvalue weighted by molar-refractivity contribution is -0.114.